The number of hydrogen-bond acceptors (Lipinski definition) is 3. The van der Waals surface area contributed by atoms with Crippen LogP contribution in [-0.2, 0) is 0 Å². The molecule has 0 radical (unpaired) electrons. The highest BCUT2D eigenvalue weighted by atomic mass is 15.2. The second-order valence-electron chi connectivity index (χ2n) is 6.34. The lowest BCUT2D eigenvalue weighted by Crippen LogP contribution is -2.43. The number of rotatable bonds is 5. The standard InChI is InChI=1S/C14H29N3/c1-14(5-10-16(2)11-6-14)13-15-7-12-17-8-3-4-9-17/h15H,3-13H2,1-2H3. The van der Waals surface area contributed by atoms with Crippen molar-refractivity contribution in [2.75, 3.05) is 52.9 Å². The van der Waals surface area contributed by atoms with E-state index in [0.29, 0.717) is 5.41 Å². The van der Waals surface area contributed by atoms with Crippen molar-refractivity contribution in [2.24, 2.45) is 5.41 Å². The fraction of sp³-hybridized carbons (Fsp3) is 1.00. The summed E-state index contributed by atoms with van der Waals surface area (Å²) in [5.74, 6) is 0. The van der Waals surface area contributed by atoms with Gasteiger partial charge in [-0.05, 0) is 64.3 Å². The first-order chi connectivity index (χ1) is 8.18. The van der Waals surface area contributed by atoms with Crippen LogP contribution in [0, 0.1) is 5.41 Å². The molecule has 2 heterocycles. The summed E-state index contributed by atoms with van der Waals surface area (Å²) in [5, 5.41) is 3.68. The van der Waals surface area contributed by atoms with Gasteiger partial charge >= 0.3 is 0 Å². The molecule has 2 aliphatic rings. The molecule has 0 bridgehead atoms. The van der Waals surface area contributed by atoms with Gasteiger partial charge in [-0.2, -0.15) is 0 Å². The van der Waals surface area contributed by atoms with Crippen molar-refractivity contribution in [1.29, 1.82) is 0 Å². The molecule has 0 saturated carbocycles. The molecule has 0 spiro atoms. The molecule has 2 rings (SSSR count). The van der Waals surface area contributed by atoms with E-state index in [1.807, 2.05) is 0 Å². The van der Waals surface area contributed by atoms with Crippen molar-refractivity contribution in [2.45, 2.75) is 32.6 Å². The normalized spacial score (nSPS) is 26.5. The quantitative estimate of drug-likeness (QED) is 0.732. The van der Waals surface area contributed by atoms with Crippen LogP contribution in [0.1, 0.15) is 32.6 Å². The van der Waals surface area contributed by atoms with Gasteiger partial charge in [0.1, 0.15) is 0 Å². The molecule has 0 aromatic heterocycles. The van der Waals surface area contributed by atoms with Gasteiger partial charge in [-0.25, -0.2) is 0 Å². The van der Waals surface area contributed by atoms with E-state index in [0.717, 1.165) is 0 Å². The van der Waals surface area contributed by atoms with E-state index in [2.05, 4.69) is 29.1 Å². The zero-order chi connectivity index (χ0) is 12.1. The van der Waals surface area contributed by atoms with Crippen molar-refractivity contribution >= 4 is 0 Å². The van der Waals surface area contributed by atoms with Crippen LogP contribution in [0.5, 0.6) is 0 Å². The monoisotopic (exact) mass is 239 g/mol. The van der Waals surface area contributed by atoms with Gasteiger partial charge in [-0.1, -0.05) is 6.92 Å². The molecule has 2 aliphatic heterocycles. The van der Waals surface area contributed by atoms with Gasteiger partial charge < -0.3 is 15.1 Å². The van der Waals surface area contributed by atoms with Gasteiger partial charge in [0.2, 0.25) is 0 Å². The summed E-state index contributed by atoms with van der Waals surface area (Å²) < 4.78 is 0. The minimum Gasteiger partial charge on any atom is -0.315 e. The highest BCUT2D eigenvalue weighted by Gasteiger charge is 2.28. The van der Waals surface area contributed by atoms with E-state index < -0.39 is 0 Å². The minimum atomic E-state index is 0.539. The van der Waals surface area contributed by atoms with Crippen LogP contribution in [0.3, 0.4) is 0 Å². The molecular formula is C14H29N3. The van der Waals surface area contributed by atoms with Gasteiger partial charge in [-0.15, -0.1) is 0 Å². The van der Waals surface area contributed by atoms with E-state index in [1.165, 1.54) is 71.5 Å². The average Bonchev–Trinajstić information content (AvgIpc) is 2.82. The smallest absolute Gasteiger partial charge is 0.0107 e. The predicted molar refractivity (Wildman–Crippen MR) is 73.4 cm³/mol. The Labute approximate surface area is 107 Å². The second-order valence-corrected chi connectivity index (χ2v) is 6.34. The van der Waals surface area contributed by atoms with E-state index in [-0.39, 0.29) is 0 Å². The average molecular weight is 239 g/mol. The molecule has 0 unspecified atom stereocenters. The number of nitrogens with one attached hydrogen (secondary N) is 1. The Morgan fingerprint density at radius 3 is 2.35 bits per heavy atom. The molecule has 100 valence electrons. The second kappa shape index (κ2) is 6.17. The lowest BCUT2D eigenvalue weighted by atomic mass is 9.80. The van der Waals surface area contributed by atoms with Crippen LogP contribution in [0.4, 0.5) is 0 Å². The maximum atomic E-state index is 3.68. The summed E-state index contributed by atoms with van der Waals surface area (Å²) in [6.45, 7) is 11.3. The van der Waals surface area contributed by atoms with Crippen molar-refractivity contribution < 1.29 is 0 Å². The SMILES string of the molecule is CN1CCC(C)(CNCCN2CCCC2)CC1. The van der Waals surface area contributed by atoms with E-state index in [9.17, 15) is 0 Å². The summed E-state index contributed by atoms with van der Waals surface area (Å²) in [6, 6.07) is 0. The Hall–Kier alpha value is -0.120. The first-order valence-corrected chi connectivity index (χ1v) is 7.30. The highest BCUT2D eigenvalue weighted by molar-refractivity contribution is 4.83. The summed E-state index contributed by atoms with van der Waals surface area (Å²) in [6.07, 6.45) is 5.51. The maximum absolute atomic E-state index is 3.68. The molecule has 0 amide bonds. The Kier molecular flexibility index (Phi) is 4.83. The van der Waals surface area contributed by atoms with Gasteiger partial charge in [0.25, 0.3) is 0 Å². The number of hydrogen-bond donors (Lipinski definition) is 1. The van der Waals surface area contributed by atoms with Crippen molar-refractivity contribution in [3.05, 3.63) is 0 Å². The topological polar surface area (TPSA) is 18.5 Å². The third-order valence-corrected chi connectivity index (χ3v) is 4.55. The minimum absolute atomic E-state index is 0.539. The highest BCUT2D eigenvalue weighted by Crippen LogP contribution is 2.29. The van der Waals surface area contributed by atoms with Crippen LogP contribution < -0.4 is 5.32 Å². The third-order valence-electron chi connectivity index (χ3n) is 4.55. The molecule has 3 nitrogen and oxygen atoms in total. The largest absolute Gasteiger partial charge is 0.315 e. The Morgan fingerprint density at radius 2 is 1.71 bits per heavy atom. The van der Waals surface area contributed by atoms with Gasteiger partial charge in [0.15, 0.2) is 0 Å². The molecule has 0 aliphatic carbocycles. The molecular weight excluding hydrogens is 210 g/mol. The van der Waals surface area contributed by atoms with Crippen LogP contribution in [0.25, 0.3) is 0 Å². The van der Waals surface area contributed by atoms with E-state index in [1.54, 1.807) is 0 Å². The Bertz CT molecular complexity index is 216. The first kappa shape index (κ1) is 13.3. The summed E-state index contributed by atoms with van der Waals surface area (Å²) in [7, 11) is 2.24. The van der Waals surface area contributed by atoms with Crippen LogP contribution in [0.15, 0.2) is 0 Å². The first-order valence-electron chi connectivity index (χ1n) is 7.30. The number of piperidine rings is 1. The van der Waals surface area contributed by atoms with Crippen LogP contribution >= 0.6 is 0 Å². The van der Waals surface area contributed by atoms with E-state index >= 15 is 0 Å². The molecule has 2 saturated heterocycles. The summed E-state index contributed by atoms with van der Waals surface area (Å²) >= 11 is 0. The fourth-order valence-corrected chi connectivity index (χ4v) is 2.97. The van der Waals surface area contributed by atoms with Crippen molar-refractivity contribution in [3.8, 4) is 0 Å². The summed E-state index contributed by atoms with van der Waals surface area (Å²) in [4.78, 5) is 5.04. The molecule has 3 heteroatoms. The molecule has 0 aromatic carbocycles. The molecule has 17 heavy (non-hydrogen) atoms. The molecule has 2 fully saturated rings. The number of nitrogens with zero attached hydrogens (tertiary/aromatic N) is 2. The maximum Gasteiger partial charge on any atom is 0.0107 e. The Morgan fingerprint density at radius 1 is 1.06 bits per heavy atom. The van der Waals surface area contributed by atoms with Crippen molar-refractivity contribution in [1.82, 2.24) is 15.1 Å². The van der Waals surface area contributed by atoms with Crippen molar-refractivity contribution in [3.63, 3.8) is 0 Å². The molecule has 0 atom stereocenters. The fourth-order valence-electron chi connectivity index (χ4n) is 2.97. The van der Waals surface area contributed by atoms with E-state index in [4.69, 9.17) is 0 Å². The van der Waals surface area contributed by atoms with Crippen LogP contribution in [0.2, 0.25) is 0 Å². The lowest BCUT2D eigenvalue weighted by Gasteiger charge is -2.38. The van der Waals surface area contributed by atoms with Gasteiger partial charge in [-0.3, -0.25) is 0 Å². The summed E-state index contributed by atoms with van der Waals surface area (Å²) in [5.41, 5.74) is 0.539. The lowest BCUT2D eigenvalue weighted by molar-refractivity contribution is 0.136. The van der Waals surface area contributed by atoms with Gasteiger partial charge in [0, 0.05) is 19.6 Å². The zero-order valence-corrected chi connectivity index (χ0v) is 11.7. The van der Waals surface area contributed by atoms with Gasteiger partial charge in [0.05, 0.1) is 0 Å². The van der Waals surface area contributed by atoms with Crippen LogP contribution in [-0.4, -0.2) is 62.7 Å². The number of likely N-dealkylation sites (tertiary alicyclic amines) is 2. The zero-order valence-electron chi connectivity index (χ0n) is 11.7. The molecule has 0 aromatic rings. The molecule has 1 N–H and O–H groups in total. The predicted octanol–water partition coefficient (Wildman–Crippen LogP) is 1.40. The Balaban J connectivity index is 1.57. The third kappa shape index (κ3) is 4.23.